The molecule has 1 aliphatic carbocycles. The highest BCUT2D eigenvalue weighted by molar-refractivity contribution is 5.30. The molecule has 0 saturated carbocycles. The number of benzene rings is 1. The number of halogens is 2. The third-order valence-electron chi connectivity index (χ3n) is 3.02. The Kier molecular flexibility index (Phi) is 3.34. The molecule has 3 heteroatoms. The Bertz CT molecular complexity index is 412. The second-order valence-electron chi connectivity index (χ2n) is 4.17. The quantitative estimate of drug-likeness (QED) is 0.763. The van der Waals surface area contributed by atoms with Crippen LogP contribution < -0.4 is 5.73 Å². The molecule has 0 aliphatic heterocycles. The molecule has 16 heavy (non-hydrogen) atoms. The van der Waals surface area contributed by atoms with Crippen molar-refractivity contribution in [3.05, 3.63) is 47.0 Å². The number of hydrogen-bond acceptors (Lipinski definition) is 1. The number of allylic oxidation sites excluding steroid dienone is 1. The maximum Gasteiger partial charge on any atom is 0.128 e. The lowest BCUT2D eigenvalue weighted by molar-refractivity contribution is 0.564. The van der Waals surface area contributed by atoms with Gasteiger partial charge in [-0.3, -0.25) is 0 Å². The monoisotopic (exact) mass is 223 g/mol. The lowest BCUT2D eigenvalue weighted by Crippen LogP contribution is -2.16. The fourth-order valence-corrected chi connectivity index (χ4v) is 2.10. The predicted molar refractivity (Wildman–Crippen MR) is 59.8 cm³/mol. The molecule has 1 unspecified atom stereocenters. The summed E-state index contributed by atoms with van der Waals surface area (Å²) < 4.78 is 26.5. The molecular formula is C13H15F2N. The van der Waals surface area contributed by atoms with Gasteiger partial charge in [-0.05, 0) is 43.9 Å². The van der Waals surface area contributed by atoms with Crippen LogP contribution in [0.3, 0.4) is 0 Å². The summed E-state index contributed by atoms with van der Waals surface area (Å²) >= 11 is 0. The van der Waals surface area contributed by atoms with E-state index in [0.29, 0.717) is 0 Å². The van der Waals surface area contributed by atoms with Crippen LogP contribution in [0.1, 0.15) is 37.3 Å². The van der Waals surface area contributed by atoms with Crippen molar-refractivity contribution in [2.75, 3.05) is 0 Å². The van der Waals surface area contributed by atoms with Crippen LogP contribution in [-0.4, -0.2) is 0 Å². The zero-order valence-electron chi connectivity index (χ0n) is 9.05. The average molecular weight is 223 g/mol. The van der Waals surface area contributed by atoms with Gasteiger partial charge in [0.05, 0.1) is 6.04 Å². The number of hydrogen-bond donors (Lipinski definition) is 1. The van der Waals surface area contributed by atoms with E-state index in [2.05, 4.69) is 6.08 Å². The van der Waals surface area contributed by atoms with Gasteiger partial charge in [-0.25, -0.2) is 8.78 Å². The molecule has 1 aromatic rings. The molecule has 0 spiro atoms. The van der Waals surface area contributed by atoms with Crippen molar-refractivity contribution in [2.45, 2.75) is 31.7 Å². The van der Waals surface area contributed by atoms with Gasteiger partial charge in [0.25, 0.3) is 0 Å². The van der Waals surface area contributed by atoms with E-state index in [-0.39, 0.29) is 5.56 Å². The predicted octanol–water partition coefficient (Wildman–Crippen LogP) is 3.47. The first-order chi connectivity index (χ1) is 7.68. The molecule has 2 N–H and O–H groups in total. The van der Waals surface area contributed by atoms with Crippen molar-refractivity contribution in [1.82, 2.24) is 0 Å². The minimum absolute atomic E-state index is 0.258. The maximum atomic E-state index is 13.5. The Labute approximate surface area is 94.0 Å². The first-order valence-corrected chi connectivity index (χ1v) is 5.58. The van der Waals surface area contributed by atoms with E-state index >= 15 is 0 Å². The summed E-state index contributed by atoms with van der Waals surface area (Å²) in [5, 5.41) is 0. The van der Waals surface area contributed by atoms with E-state index in [4.69, 9.17) is 5.73 Å². The fourth-order valence-electron chi connectivity index (χ4n) is 2.10. The lowest BCUT2D eigenvalue weighted by Gasteiger charge is -2.20. The molecule has 86 valence electrons. The van der Waals surface area contributed by atoms with Gasteiger partial charge in [0, 0.05) is 5.56 Å². The topological polar surface area (TPSA) is 26.0 Å². The summed E-state index contributed by atoms with van der Waals surface area (Å²) in [4.78, 5) is 0. The van der Waals surface area contributed by atoms with Gasteiger partial charge in [0.15, 0.2) is 0 Å². The van der Waals surface area contributed by atoms with Gasteiger partial charge in [0.2, 0.25) is 0 Å². The summed E-state index contributed by atoms with van der Waals surface area (Å²) in [6, 6.07) is 2.93. The van der Waals surface area contributed by atoms with Crippen LogP contribution in [0.5, 0.6) is 0 Å². The summed E-state index contributed by atoms with van der Waals surface area (Å²) in [7, 11) is 0. The second kappa shape index (κ2) is 4.74. The number of rotatable bonds is 2. The Morgan fingerprint density at radius 3 is 2.69 bits per heavy atom. The van der Waals surface area contributed by atoms with Crippen LogP contribution in [0.25, 0.3) is 0 Å². The van der Waals surface area contributed by atoms with Crippen molar-refractivity contribution in [3.8, 4) is 0 Å². The van der Waals surface area contributed by atoms with Crippen LogP contribution in [-0.2, 0) is 0 Å². The molecule has 1 aromatic carbocycles. The first-order valence-electron chi connectivity index (χ1n) is 5.58. The van der Waals surface area contributed by atoms with E-state index in [1.165, 1.54) is 6.07 Å². The van der Waals surface area contributed by atoms with E-state index in [1.807, 2.05) is 0 Å². The molecule has 0 bridgehead atoms. The summed E-state index contributed by atoms with van der Waals surface area (Å²) in [5.74, 6) is -0.872. The molecule has 1 aliphatic rings. The van der Waals surface area contributed by atoms with Gasteiger partial charge < -0.3 is 5.73 Å². The Morgan fingerprint density at radius 2 is 2.00 bits per heavy atom. The summed E-state index contributed by atoms with van der Waals surface area (Å²) in [6.07, 6.45) is 6.16. The smallest absolute Gasteiger partial charge is 0.128 e. The third-order valence-corrected chi connectivity index (χ3v) is 3.02. The zero-order chi connectivity index (χ0) is 11.5. The van der Waals surface area contributed by atoms with Crippen LogP contribution >= 0.6 is 0 Å². The maximum absolute atomic E-state index is 13.5. The molecule has 0 amide bonds. The highest BCUT2D eigenvalue weighted by Gasteiger charge is 2.17. The van der Waals surface area contributed by atoms with Crippen molar-refractivity contribution in [2.24, 2.45) is 5.73 Å². The molecule has 0 saturated heterocycles. The highest BCUT2D eigenvalue weighted by Crippen LogP contribution is 2.29. The molecular weight excluding hydrogens is 208 g/mol. The second-order valence-corrected chi connectivity index (χ2v) is 4.17. The Morgan fingerprint density at radius 1 is 1.19 bits per heavy atom. The summed E-state index contributed by atoms with van der Waals surface area (Å²) in [5.41, 5.74) is 7.25. The van der Waals surface area contributed by atoms with Crippen LogP contribution in [0.15, 0.2) is 29.8 Å². The lowest BCUT2D eigenvalue weighted by atomic mass is 9.90. The van der Waals surface area contributed by atoms with Gasteiger partial charge in [0.1, 0.15) is 11.6 Å². The fraction of sp³-hybridized carbons (Fsp3) is 0.385. The molecule has 0 radical (unpaired) electrons. The Balaban J connectivity index is 2.29. The van der Waals surface area contributed by atoms with Crippen molar-refractivity contribution < 1.29 is 8.78 Å². The molecule has 0 aromatic heterocycles. The van der Waals surface area contributed by atoms with Gasteiger partial charge in [-0.1, -0.05) is 11.6 Å². The molecule has 0 heterocycles. The normalized spacial score (nSPS) is 18.1. The van der Waals surface area contributed by atoms with Gasteiger partial charge >= 0.3 is 0 Å². The molecule has 1 nitrogen and oxygen atoms in total. The van der Waals surface area contributed by atoms with E-state index in [1.54, 1.807) is 0 Å². The summed E-state index contributed by atoms with van der Waals surface area (Å²) in [6.45, 7) is 0. The molecule has 1 atom stereocenters. The third kappa shape index (κ3) is 2.30. The van der Waals surface area contributed by atoms with Crippen molar-refractivity contribution in [3.63, 3.8) is 0 Å². The van der Waals surface area contributed by atoms with Gasteiger partial charge in [-0.2, -0.15) is 0 Å². The van der Waals surface area contributed by atoms with E-state index in [9.17, 15) is 8.78 Å². The van der Waals surface area contributed by atoms with Crippen LogP contribution in [0, 0.1) is 11.6 Å². The first kappa shape index (κ1) is 11.3. The van der Waals surface area contributed by atoms with Crippen LogP contribution in [0.4, 0.5) is 8.78 Å². The van der Waals surface area contributed by atoms with E-state index in [0.717, 1.165) is 43.4 Å². The molecule has 0 fully saturated rings. The zero-order valence-corrected chi connectivity index (χ0v) is 9.05. The Hall–Kier alpha value is -1.22. The minimum Gasteiger partial charge on any atom is -0.320 e. The minimum atomic E-state index is -0.504. The van der Waals surface area contributed by atoms with Crippen LogP contribution in [0.2, 0.25) is 0 Å². The number of nitrogens with two attached hydrogens (primary N) is 1. The molecule has 2 rings (SSSR count). The largest absolute Gasteiger partial charge is 0.320 e. The van der Waals surface area contributed by atoms with Crippen molar-refractivity contribution >= 4 is 0 Å². The average Bonchev–Trinajstić information content (AvgIpc) is 2.32. The standard InChI is InChI=1S/C13H15F2N/c14-10-6-7-12(15)11(8-10)13(16)9-4-2-1-3-5-9/h4,6-8,13H,1-3,5,16H2. The van der Waals surface area contributed by atoms with Gasteiger partial charge in [-0.15, -0.1) is 0 Å². The SMILES string of the molecule is NC(C1=CCCCC1)c1cc(F)ccc1F. The van der Waals surface area contributed by atoms with E-state index < -0.39 is 17.7 Å². The highest BCUT2D eigenvalue weighted by atomic mass is 19.1. The van der Waals surface area contributed by atoms with Crippen molar-refractivity contribution in [1.29, 1.82) is 0 Å².